The molecule has 1 atom stereocenters. The van der Waals surface area contributed by atoms with Crippen molar-refractivity contribution >= 4 is 11.8 Å². The molecule has 0 spiro atoms. The van der Waals surface area contributed by atoms with E-state index in [1.807, 2.05) is 22.6 Å². The Morgan fingerprint density at radius 1 is 1.55 bits per heavy atom. The maximum absolute atomic E-state index is 5.26. The summed E-state index contributed by atoms with van der Waals surface area (Å²) in [5.74, 6) is 1.92. The van der Waals surface area contributed by atoms with Crippen molar-refractivity contribution in [1.29, 1.82) is 0 Å². The predicted octanol–water partition coefficient (Wildman–Crippen LogP) is 1.50. The van der Waals surface area contributed by atoms with Gasteiger partial charge in [0.1, 0.15) is 0 Å². The second-order valence-electron chi connectivity index (χ2n) is 4.94. The average molecular weight is 294 g/mol. The predicted molar refractivity (Wildman–Crippen MR) is 76.3 cm³/mol. The van der Waals surface area contributed by atoms with E-state index in [4.69, 9.17) is 4.52 Å². The molecule has 1 N–H and O–H groups in total. The molecule has 3 heterocycles. The first-order valence-corrected chi connectivity index (χ1v) is 7.88. The SMILES string of the molecule is CCC(C)SCc1noc(-c2cn(C3CNC3)nn2)n1. The number of nitrogens with zero attached hydrogens (tertiary/aromatic N) is 5. The number of hydrogen-bond donors (Lipinski definition) is 1. The van der Waals surface area contributed by atoms with E-state index in [1.165, 1.54) is 0 Å². The third-order valence-corrected chi connectivity index (χ3v) is 4.73. The van der Waals surface area contributed by atoms with Gasteiger partial charge in [0.25, 0.3) is 5.89 Å². The molecule has 0 aromatic carbocycles. The van der Waals surface area contributed by atoms with E-state index >= 15 is 0 Å². The minimum absolute atomic E-state index is 0.389. The summed E-state index contributed by atoms with van der Waals surface area (Å²) in [5.41, 5.74) is 0.643. The molecule has 1 saturated heterocycles. The highest BCUT2D eigenvalue weighted by Crippen LogP contribution is 2.21. The normalized spacial score (nSPS) is 17.1. The Morgan fingerprint density at radius 2 is 2.40 bits per heavy atom. The highest BCUT2D eigenvalue weighted by Gasteiger charge is 2.21. The Balaban J connectivity index is 1.65. The van der Waals surface area contributed by atoms with E-state index in [2.05, 4.69) is 39.6 Å². The molecule has 2 aromatic heterocycles. The van der Waals surface area contributed by atoms with Gasteiger partial charge in [-0.3, -0.25) is 0 Å². The van der Waals surface area contributed by atoms with Gasteiger partial charge >= 0.3 is 0 Å². The molecule has 3 rings (SSSR count). The Hall–Kier alpha value is -1.41. The first-order chi connectivity index (χ1) is 9.76. The lowest BCUT2D eigenvalue weighted by molar-refractivity contribution is 0.313. The zero-order chi connectivity index (χ0) is 13.9. The summed E-state index contributed by atoms with van der Waals surface area (Å²) in [5, 5.41) is 16.0. The van der Waals surface area contributed by atoms with Gasteiger partial charge in [0.2, 0.25) is 0 Å². The maximum Gasteiger partial charge on any atom is 0.280 e. The summed E-state index contributed by atoms with van der Waals surface area (Å²) < 4.78 is 7.11. The lowest BCUT2D eigenvalue weighted by Gasteiger charge is -2.26. The molecule has 20 heavy (non-hydrogen) atoms. The minimum atomic E-state index is 0.389. The van der Waals surface area contributed by atoms with E-state index in [1.54, 1.807) is 0 Å². The third kappa shape index (κ3) is 2.85. The van der Waals surface area contributed by atoms with Gasteiger partial charge in [0, 0.05) is 18.3 Å². The smallest absolute Gasteiger partial charge is 0.280 e. The second kappa shape index (κ2) is 5.92. The number of thioether (sulfide) groups is 1. The Labute approximate surface area is 121 Å². The van der Waals surface area contributed by atoms with Crippen LogP contribution in [0.1, 0.15) is 32.1 Å². The maximum atomic E-state index is 5.26. The van der Waals surface area contributed by atoms with Crippen LogP contribution in [0.5, 0.6) is 0 Å². The van der Waals surface area contributed by atoms with E-state index in [0.29, 0.717) is 28.7 Å². The van der Waals surface area contributed by atoms with Gasteiger partial charge in [0.15, 0.2) is 11.5 Å². The molecular formula is C12H18N6OS. The lowest BCUT2D eigenvalue weighted by atomic mass is 10.2. The van der Waals surface area contributed by atoms with Crippen LogP contribution in [-0.2, 0) is 5.75 Å². The first kappa shape index (κ1) is 13.6. The Kier molecular flexibility index (Phi) is 4.02. The number of nitrogens with one attached hydrogen (secondary N) is 1. The van der Waals surface area contributed by atoms with Gasteiger partial charge in [-0.1, -0.05) is 24.2 Å². The Morgan fingerprint density at radius 3 is 3.10 bits per heavy atom. The fourth-order valence-electron chi connectivity index (χ4n) is 1.76. The highest BCUT2D eigenvalue weighted by atomic mass is 32.2. The molecule has 7 nitrogen and oxygen atoms in total. The number of rotatable bonds is 6. The van der Waals surface area contributed by atoms with Crippen molar-refractivity contribution in [3.63, 3.8) is 0 Å². The second-order valence-corrected chi connectivity index (χ2v) is 6.37. The van der Waals surface area contributed by atoms with Crippen molar-refractivity contribution in [2.75, 3.05) is 13.1 Å². The van der Waals surface area contributed by atoms with Crippen LogP contribution in [0.3, 0.4) is 0 Å². The van der Waals surface area contributed by atoms with Crippen molar-refractivity contribution < 1.29 is 4.52 Å². The molecule has 1 aliphatic rings. The van der Waals surface area contributed by atoms with Crippen LogP contribution in [0, 0.1) is 0 Å². The van der Waals surface area contributed by atoms with Crippen LogP contribution < -0.4 is 5.32 Å². The molecule has 0 bridgehead atoms. The number of hydrogen-bond acceptors (Lipinski definition) is 7. The molecule has 8 heteroatoms. The van der Waals surface area contributed by atoms with Gasteiger partial charge in [0.05, 0.1) is 18.0 Å². The van der Waals surface area contributed by atoms with Crippen LogP contribution in [0.4, 0.5) is 0 Å². The molecule has 108 valence electrons. The van der Waals surface area contributed by atoms with Gasteiger partial charge in [-0.05, 0) is 6.42 Å². The van der Waals surface area contributed by atoms with Crippen molar-refractivity contribution in [3.8, 4) is 11.6 Å². The molecule has 0 aliphatic carbocycles. The minimum Gasteiger partial charge on any atom is -0.332 e. The van der Waals surface area contributed by atoms with E-state index in [-0.39, 0.29) is 0 Å². The summed E-state index contributed by atoms with van der Waals surface area (Å²) in [6.45, 7) is 6.24. The monoisotopic (exact) mass is 294 g/mol. The fourth-order valence-corrected chi connectivity index (χ4v) is 2.55. The summed E-state index contributed by atoms with van der Waals surface area (Å²) >= 11 is 1.83. The standard InChI is InChI=1S/C12H18N6OS/c1-3-8(2)20-7-11-14-12(19-16-11)10-6-18(17-15-10)9-4-13-5-9/h6,8-9,13H,3-5,7H2,1-2H3. The molecule has 0 saturated carbocycles. The summed E-state index contributed by atoms with van der Waals surface area (Å²) in [6.07, 6.45) is 3.00. The van der Waals surface area contributed by atoms with Crippen molar-refractivity contribution in [1.82, 2.24) is 30.5 Å². The summed E-state index contributed by atoms with van der Waals surface area (Å²) in [6, 6.07) is 0.389. The lowest BCUT2D eigenvalue weighted by Crippen LogP contribution is -2.43. The molecule has 1 unspecified atom stereocenters. The molecular weight excluding hydrogens is 276 g/mol. The van der Waals surface area contributed by atoms with E-state index in [9.17, 15) is 0 Å². The van der Waals surface area contributed by atoms with Crippen molar-refractivity contribution in [2.45, 2.75) is 37.3 Å². The van der Waals surface area contributed by atoms with E-state index in [0.717, 1.165) is 25.3 Å². The highest BCUT2D eigenvalue weighted by molar-refractivity contribution is 7.99. The van der Waals surface area contributed by atoms with Gasteiger partial charge in [-0.15, -0.1) is 5.10 Å². The zero-order valence-corrected chi connectivity index (χ0v) is 12.4. The summed E-state index contributed by atoms with van der Waals surface area (Å²) in [7, 11) is 0. The quantitative estimate of drug-likeness (QED) is 0.864. The van der Waals surface area contributed by atoms with Gasteiger partial charge in [-0.2, -0.15) is 16.7 Å². The summed E-state index contributed by atoms with van der Waals surface area (Å²) in [4.78, 5) is 4.37. The molecule has 0 amide bonds. The van der Waals surface area contributed by atoms with Gasteiger partial charge < -0.3 is 9.84 Å². The van der Waals surface area contributed by atoms with Crippen molar-refractivity contribution in [2.24, 2.45) is 0 Å². The largest absolute Gasteiger partial charge is 0.332 e. The molecule has 1 fully saturated rings. The molecule has 0 radical (unpaired) electrons. The molecule has 2 aromatic rings. The number of aromatic nitrogens is 5. The third-order valence-electron chi connectivity index (χ3n) is 3.40. The van der Waals surface area contributed by atoms with Gasteiger partial charge in [-0.25, -0.2) is 4.68 Å². The topological polar surface area (TPSA) is 81.7 Å². The fraction of sp³-hybridized carbons (Fsp3) is 0.667. The van der Waals surface area contributed by atoms with E-state index < -0.39 is 0 Å². The Bertz CT molecular complexity index is 564. The van der Waals surface area contributed by atoms with Crippen LogP contribution in [0.2, 0.25) is 0 Å². The molecule has 1 aliphatic heterocycles. The van der Waals surface area contributed by atoms with Crippen LogP contribution in [-0.4, -0.2) is 43.5 Å². The van der Waals surface area contributed by atoms with Crippen LogP contribution >= 0.6 is 11.8 Å². The average Bonchev–Trinajstić information content (AvgIpc) is 3.02. The zero-order valence-electron chi connectivity index (χ0n) is 11.6. The van der Waals surface area contributed by atoms with Crippen LogP contribution in [0.15, 0.2) is 10.7 Å². The van der Waals surface area contributed by atoms with Crippen molar-refractivity contribution in [3.05, 3.63) is 12.0 Å². The first-order valence-electron chi connectivity index (χ1n) is 6.83. The van der Waals surface area contributed by atoms with Crippen LogP contribution in [0.25, 0.3) is 11.6 Å².